The average molecular weight is 474 g/mol. The third-order valence-electron chi connectivity index (χ3n) is 5.54. The maximum absolute atomic E-state index is 11.9. The fraction of sp³-hybridized carbons (Fsp3) is 0.381. The fourth-order valence-electron chi connectivity index (χ4n) is 3.93. The second-order valence-corrected chi connectivity index (χ2v) is 8.21. The molecule has 0 radical (unpaired) electrons. The summed E-state index contributed by atoms with van der Waals surface area (Å²) in [5, 5.41) is 7.71. The van der Waals surface area contributed by atoms with Crippen LogP contribution in [0.3, 0.4) is 0 Å². The molecule has 1 saturated heterocycles. The van der Waals surface area contributed by atoms with E-state index < -0.39 is 10.5 Å². The fourth-order valence-corrected chi connectivity index (χ4v) is 3.93. The van der Waals surface area contributed by atoms with Gasteiger partial charge in [-0.15, -0.1) is 0 Å². The van der Waals surface area contributed by atoms with E-state index in [1.165, 1.54) is 6.33 Å². The first-order valence-electron chi connectivity index (χ1n) is 10.3. The van der Waals surface area contributed by atoms with Crippen molar-refractivity contribution in [2.75, 3.05) is 25.5 Å². The van der Waals surface area contributed by atoms with Crippen molar-refractivity contribution in [3.8, 4) is 5.75 Å². The van der Waals surface area contributed by atoms with Gasteiger partial charge in [0.25, 0.3) is 0 Å². The number of rotatable bonds is 6. The second-order valence-electron chi connectivity index (χ2n) is 7.74. The molecule has 11 nitrogen and oxygen atoms in total. The summed E-state index contributed by atoms with van der Waals surface area (Å²) in [7, 11) is -0.966. The molecule has 0 saturated carbocycles. The molecule has 176 valence electrons. The number of methoxy groups -OCH3 is 1. The van der Waals surface area contributed by atoms with E-state index in [0.717, 1.165) is 41.3 Å². The molecule has 12 heteroatoms. The molecule has 4 rings (SSSR count). The molecule has 0 amide bonds. The van der Waals surface area contributed by atoms with Gasteiger partial charge in [-0.1, -0.05) is 6.07 Å². The van der Waals surface area contributed by atoms with Crippen molar-refractivity contribution in [2.45, 2.75) is 25.9 Å². The number of ether oxygens (including phenoxy) is 1. The Bertz CT molecular complexity index is 1220. The van der Waals surface area contributed by atoms with Crippen LogP contribution < -0.4 is 15.8 Å². The van der Waals surface area contributed by atoms with Gasteiger partial charge in [0.1, 0.15) is 23.4 Å². The summed E-state index contributed by atoms with van der Waals surface area (Å²) in [6, 6.07) is 9.71. The van der Waals surface area contributed by atoms with Crippen molar-refractivity contribution in [2.24, 2.45) is 11.7 Å². The SMILES string of the molecule is COc1cccc(Nc2ncnn3ccc(CN4CC[C@H](N)[C@H](C(C)=O)C4)c23)c1.N=S(=O)=O. The highest BCUT2D eigenvalue weighted by Crippen LogP contribution is 2.27. The number of aromatic nitrogens is 3. The molecule has 0 unspecified atom stereocenters. The van der Waals surface area contributed by atoms with Gasteiger partial charge in [-0.25, -0.2) is 9.50 Å². The molecule has 0 aliphatic carbocycles. The second kappa shape index (κ2) is 11.0. The maximum atomic E-state index is 11.9. The quantitative estimate of drug-likeness (QED) is 0.486. The van der Waals surface area contributed by atoms with Crippen molar-refractivity contribution in [1.29, 1.82) is 4.78 Å². The summed E-state index contributed by atoms with van der Waals surface area (Å²) in [4.78, 5) is 18.7. The van der Waals surface area contributed by atoms with Gasteiger partial charge in [-0.3, -0.25) is 9.69 Å². The van der Waals surface area contributed by atoms with Gasteiger partial charge in [0.15, 0.2) is 5.82 Å². The molecule has 1 aromatic carbocycles. The number of carbonyl (C=O) groups is 1. The minimum absolute atomic E-state index is 0.0526. The number of anilines is 2. The largest absolute Gasteiger partial charge is 0.497 e. The maximum Gasteiger partial charge on any atom is 0.308 e. The van der Waals surface area contributed by atoms with Gasteiger partial charge >= 0.3 is 10.5 Å². The normalized spacial score (nSPS) is 18.3. The Kier molecular flexibility index (Phi) is 8.09. The van der Waals surface area contributed by atoms with E-state index in [1.54, 1.807) is 14.0 Å². The number of carbonyl (C=O) groups excluding carboxylic acids is 1. The third kappa shape index (κ3) is 6.34. The van der Waals surface area contributed by atoms with Crippen molar-refractivity contribution in [3.63, 3.8) is 0 Å². The number of hydrogen-bond acceptors (Lipinski definition) is 10. The zero-order valence-corrected chi connectivity index (χ0v) is 19.2. The van der Waals surface area contributed by atoms with E-state index in [2.05, 4.69) is 26.4 Å². The van der Waals surface area contributed by atoms with Crippen LogP contribution in [0.4, 0.5) is 11.5 Å². The van der Waals surface area contributed by atoms with Crippen LogP contribution in [-0.4, -0.2) is 59.9 Å². The van der Waals surface area contributed by atoms with Crippen molar-refractivity contribution >= 4 is 33.3 Å². The minimum atomic E-state index is -2.61. The molecule has 2 atom stereocenters. The number of Topliss-reactive ketones (excluding diaryl/α,β-unsaturated/α-hetero) is 1. The zero-order valence-electron chi connectivity index (χ0n) is 18.4. The lowest BCUT2D eigenvalue weighted by atomic mass is 9.89. The van der Waals surface area contributed by atoms with E-state index >= 15 is 0 Å². The van der Waals surface area contributed by atoms with Crippen LogP contribution in [0, 0.1) is 10.7 Å². The standard InChI is InChI=1S/C21H26N6O2.HNO2S/c1-14(28)18-12-26(8-7-19(18)22)11-15-6-9-27-20(15)21(23-13-24-27)25-16-4-3-5-17(10-16)29-2;1-4(2)3/h3-6,9-10,13,18-19H,7-8,11-12,22H2,1-2H3,(H,23,24,25);1H/t18-,19-;/m0./s1. The molecule has 4 N–H and O–H groups in total. The van der Waals surface area contributed by atoms with Crippen molar-refractivity contribution in [3.05, 3.63) is 48.4 Å². The van der Waals surface area contributed by atoms with Gasteiger partial charge in [0.05, 0.1) is 7.11 Å². The van der Waals surface area contributed by atoms with Gasteiger partial charge in [-0.2, -0.15) is 18.3 Å². The van der Waals surface area contributed by atoms with E-state index in [9.17, 15) is 4.79 Å². The van der Waals surface area contributed by atoms with Crippen LogP contribution >= 0.6 is 0 Å². The molecule has 0 spiro atoms. The lowest BCUT2D eigenvalue weighted by Gasteiger charge is -2.35. The predicted molar refractivity (Wildman–Crippen MR) is 123 cm³/mol. The molecule has 1 aliphatic rings. The van der Waals surface area contributed by atoms with E-state index in [1.807, 2.05) is 35.0 Å². The number of benzene rings is 1. The Morgan fingerprint density at radius 2 is 2.12 bits per heavy atom. The topological polar surface area (TPSA) is 156 Å². The van der Waals surface area contributed by atoms with Gasteiger partial charge in [0, 0.05) is 49.5 Å². The summed E-state index contributed by atoms with van der Waals surface area (Å²) < 4.78 is 30.0. The zero-order chi connectivity index (χ0) is 24.0. The molecule has 3 heterocycles. The molecule has 0 bridgehead atoms. The van der Waals surface area contributed by atoms with Gasteiger partial charge in [-0.05, 0) is 37.1 Å². The van der Waals surface area contributed by atoms with Gasteiger partial charge in [0.2, 0.25) is 0 Å². The molecule has 2 aromatic heterocycles. The van der Waals surface area contributed by atoms with Crippen LogP contribution in [0.5, 0.6) is 5.75 Å². The van der Waals surface area contributed by atoms with Gasteiger partial charge < -0.3 is 15.8 Å². The van der Waals surface area contributed by atoms with Crippen LogP contribution in [-0.2, 0) is 21.8 Å². The molecule has 33 heavy (non-hydrogen) atoms. The molecular weight excluding hydrogens is 446 g/mol. The Morgan fingerprint density at radius 1 is 1.36 bits per heavy atom. The van der Waals surface area contributed by atoms with Crippen LogP contribution in [0.2, 0.25) is 0 Å². The summed E-state index contributed by atoms with van der Waals surface area (Å²) in [5.41, 5.74) is 9.06. The number of nitrogens with two attached hydrogens (primary N) is 1. The number of nitrogens with zero attached hydrogens (tertiary/aromatic N) is 4. The smallest absolute Gasteiger partial charge is 0.308 e. The minimum Gasteiger partial charge on any atom is -0.497 e. The van der Waals surface area contributed by atoms with Crippen LogP contribution in [0.25, 0.3) is 5.52 Å². The number of piperidine rings is 1. The first-order chi connectivity index (χ1) is 15.8. The molecule has 1 aliphatic heterocycles. The number of likely N-dealkylation sites (tertiary alicyclic amines) is 1. The summed E-state index contributed by atoms with van der Waals surface area (Å²) in [6.07, 6.45) is 4.29. The molecule has 3 aromatic rings. The Morgan fingerprint density at radius 3 is 2.82 bits per heavy atom. The van der Waals surface area contributed by atoms with E-state index in [-0.39, 0.29) is 17.7 Å². The summed E-state index contributed by atoms with van der Waals surface area (Å²) >= 11 is 0. The molecule has 1 fully saturated rings. The third-order valence-corrected chi connectivity index (χ3v) is 5.54. The first kappa shape index (κ1) is 24.3. The van der Waals surface area contributed by atoms with Crippen LogP contribution in [0.1, 0.15) is 18.9 Å². The van der Waals surface area contributed by atoms with E-state index in [0.29, 0.717) is 13.1 Å². The highest BCUT2D eigenvalue weighted by molar-refractivity contribution is 7.60. The predicted octanol–water partition coefficient (Wildman–Crippen LogP) is 1.85. The highest BCUT2D eigenvalue weighted by atomic mass is 32.2. The first-order valence-corrected chi connectivity index (χ1v) is 11.4. The van der Waals surface area contributed by atoms with Crippen molar-refractivity contribution < 1.29 is 17.9 Å². The number of fused-ring (bicyclic) bond motifs is 1. The average Bonchev–Trinajstić information content (AvgIpc) is 3.18. The number of ketones is 1. The van der Waals surface area contributed by atoms with Crippen molar-refractivity contribution in [1.82, 2.24) is 19.5 Å². The lowest BCUT2D eigenvalue weighted by molar-refractivity contribution is -0.123. The molecular formula is C21H27N7O4S. The lowest BCUT2D eigenvalue weighted by Crippen LogP contribution is -2.49. The Labute approximate surface area is 193 Å². The number of hydrogen-bond donors (Lipinski definition) is 3. The summed E-state index contributed by atoms with van der Waals surface area (Å²) in [5.74, 6) is 1.55. The highest BCUT2D eigenvalue weighted by Gasteiger charge is 2.30. The number of nitrogens with one attached hydrogen (secondary N) is 2. The Balaban J connectivity index is 0.000000709. The monoisotopic (exact) mass is 473 g/mol. The summed E-state index contributed by atoms with van der Waals surface area (Å²) in [6.45, 7) is 3.90. The Hall–Kier alpha value is -3.35. The van der Waals surface area contributed by atoms with Crippen LogP contribution in [0.15, 0.2) is 42.9 Å². The van der Waals surface area contributed by atoms with E-state index in [4.69, 9.17) is 23.7 Å².